The zero-order valence-electron chi connectivity index (χ0n) is 12.6. The van der Waals surface area contributed by atoms with E-state index in [2.05, 4.69) is 5.16 Å². The van der Waals surface area contributed by atoms with Crippen LogP contribution in [0.5, 0.6) is 0 Å². The molecule has 0 radical (unpaired) electrons. The predicted molar refractivity (Wildman–Crippen MR) is 84.6 cm³/mol. The van der Waals surface area contributed by atoms with Crippen molar-refractivity contribution in [3.63, 3.8) is 0 Å². The van der Waals surface area contributed by atoms with E-state index >= 15 is 0 Å². The van der Waals surface area contributed by atoms with Gasteiger partial charge in [0.1, 0.15) is 11.4 Å². The summed E-state index contributed by atoms with van der Waals surface area (Å²) in [4.78, 5) is 0. The highest BCUT2D eigenvalue weighted by molar-refractivity contribution is 7.88. The number of para-hydroxylation sites is 1. The summed E-state index contributed by atoms with van der Waals surface area (Å²) in [5, 5.41) is 4.68. The van der Waals surface area contributed by atoms with Crippen LogP contribution < -0.4 is 5.73 Å². The van der Waals surface area contributed by atoms with Gasteiger partial charge in [0.05, 0.1) is 0 Å². The van der Waals surface area contributed by atoms with Crippen molar-refractivity contribution in [2.45, 2.75) is 31.6 Å². The molecule has 1 saturated heterocycles. The fraction of sp³-hybridized carbons (Fsp3) is 0.533. The Morgan fingerprint density at radius 1 is 1.45 bits per heavy atom. The van der Waals surface area contributed by atoms with Crippen LogP contribution >= 0.6 is 0 Å². The van der Waals surface area contributed by atoms with Crippen LogP contribution in [0, 0.1) is 5.92 Å². The minimum atomic E-state index is -3.41. The third kappa shape index (κ3) is 3.02. The van der Waals surface area contributed by atoms with Crippen LogP contribution in [-0.2, 0) is 15.8 Å². The Bertz CT molecular complexity index is 754. The maximum atomic E-state index is 12.7. The molecule has 0 bridgehead atoms. The number of fused-ring (bicyclic) bond motifs is 1. The smallest absolute Gasteiger partial charge is 0.220 e. The standard InChI is InChI=1S/C15H21N3O3S/c1-11(16)12-5-4-8-18(9-12)22(19,20)10-14-13-6-2-3-7-15(13)21-17-14/h2-3,6-7,11-12H,4-5,8-10,16H2,1H3. The lowest BCUT2D eigenvalue weighted by atomic mass is 9.93. The van der Waals surface area contributed by atoms with E-state index in [1.807, 2.05) is 25.1 Å². The molecule has 3 rings (SSSR count). The van der Waals surface area contributed by atoms with Crippen molar-refractivity contribution in [3.05, 3.63) is 30.0 Å². The normalized spacial score (nSPS) is 22.0. The monoisotopic (exact) mass is 323 g/mol. The molecule has 1 aliphatic heterocycles. The van der Waals surface area contributed by atoms with Crippen molar-refractivity contribution in [3.8, 4) is 0 Å². The van der Waals surface area contributed by atoms with Crippen LogP contribution in [0.25, 0.3) is 11.0 Å². The molecule has 7 heteroatoms. The third-order valence-electron chi connectivity index (χ3n) is 4.33. The molecule has 2 N–H and O–H groups in total. The summed E-state index contributed by atoms with van der Waals surface area (Å²) in [6.45, 7) is 2.99. The third-order valence-corrected chi connectivity index (χ3v) is 6.09. The molecule has 22 heavy (non-hydrogen) atoms. The van der Waals surface area contributed by atoms with Gasteiger partial charge in [0, 0.05) is 24.5 Å². The molecule has 1 aliphatic rings. The van der Waals surface area contributed by atoms with Crippen molar-refractivity contribution in [1.82, 2.24) is 9.46 Å². The van der Waals surface area contributed by atoms with Gasteiger partial charge in [0.2, 0.25) is 10.0 Å². The first-order chi connectivity index (χ1) is 10.5. The van der Waals surface area contributed by atoms with Crippen LogP contribution in [0.4, 0.5) is 0 Å². The van der Waals surface area contributed by atoms with E-state index in [9.17, 15) is 8.42 Å². The zero-order valence-corrected chi connectivity index (χ0v) is 13.4. The Morgan fingerprint density at radius 3 is 3.00 bits per heavy atom. The average Bonchev–Trinajstić information content (AvgIpc) is 2.90. The van der Waals surface area contributed by atoms with Crippen LogP contribution in [0.15, 0.2) is 28.8 Å². The first kappa shape index (κ1) is 15.5. The predicted octanol–water partition coefficient (Wildman–Crippen LogP) is 1.72. The number of piperidine rings is 1. The lowest BCUT2D eigenvalue weighted by Gasteiger charge is -2.33. The van der Waals surface area contributed by atoms with Gasteiger partial charge in [-0.3, -0.25) is 0 Å². The topological polar surface area (TPSA) is 89.4 Å². The van der Waals surface area contributed by atoms with Crippen molar-refractivity contribution in [2.75, 3.05) is 13.1 Å². The number of aromatic nitrogens is 1. The summed E-state index contributed by atoms with van der Waals surface area (Å²) >= 11 is 0. The molecule has 0 spiro atoms. The maximum Gasteiger partial charge on any atom is 0.220 e. The Kier molecular flexibility index (Phi) is 4.20. The molecule has 1 fully saturated rings. The van der Waals surface area contributed by atoms with Gasteiger partial charge in [-0.05, 0) is 37.8 Å². The van der Waals surface area contributed by atoms with Gasteiger partial charge in [-0.25, -0.2) is 12.7 Å². The van der Waals surface area contributed by atoms with Crippen LogP contribution in [0.3, 0.4) is 0 Å². The fourth-order valence-electron chi connectivity index (χ4n) is 2.96. The van der Waals surface area contributed by atoms with Crippen molar-refractivity contribution >= 4 is 21.0 Å². The zero-order chi connectivity index (χ0) is 15.7. The number of hydrogen-bond acceptors (Lipinski definition) is 5. The first-order valence-corrected chi connectivity index (χ1v) is 9.15. The molecule has 1 aromatic heterocycles. The second kappa shape index (κ2) is 5.98. The minimum absolute atomic E-state index is 0.00544. The van der Waals surface area contributed by atoms with Gasteiger partial charge < -0.3 is 10.3 Å². The van der Waals surface area contributed by atoms with E-state index < -0.39 is 10.0 Å². The first-order valence-electron chi connectivity index (χ1n) is 7.54. The van der Waals surface area contributed by atoms with Gasteiger partial charge in [0.15, 0.2) is 5.58 Å². The number of rotatable bonds is 4. The van der Waals surface area contributed by atoms with Gasteiger partial charge in [-0.2, -0.15) is 0 Å². The number of sulfonamides is 1. The fourth-order valence-corrected chi connectivity index (χ4v) is 4.52. The summed E-state index contributed by atoms with van der Waals surface area (Å²) in [6, 6.07) is 7.31. The lowest BCUT2D eigenvalue weighted by molar-refractivity contribution is 0.243. The van der Waals surface area contributed by atoms with Crippen molar-refractivity contribution < 1.29 is 12.9 Å². The Balaban J connectivity index is 1.81. The Hall–Kier alpha value is -1.44. The van der Waals surface area contributed by atoms with E-state index in [1.54, 1.807) is 10.4 Å². The highest BCUT2D eigenvalue weighted by atomic mass is 32.2. The Labute approximate surface area is 130 Å². The quantitative estimate of drug-likeness (QED) is 0.925. The average molecular weight is 323 g/mol. The van der Waals surface area contributed by atoms with Gasteiger partial charge in [0.25, 0.3) is 0 Å². The Morgan fingerprint density at radius 2 is 2.23 bits per heavy atom. The minimum Gasteiger partial charge on any atom is -0.356 e. The number of hydrogen-bond donors (Lipinski definition) is 1. The maximum absolute atomic E-state index is 12.7. The summed E-state index contributed by atoms with van der Waals surface area (Å²) in [6.07, 6.45) is 1.83. The van der Waals surface area contributed by atoms with Crippen LogP contribution in [0.1, 0.15) is 25.5 Å². The molecule has 2 unspecified atom stereocenters. The highest BCUT2D eigenvalue weighted by Crippen LogP contribution is 2.25. The molecule has 2 atom stereocenters. The van der Waals surface area contributed by atoms with Crippen LogP contribution in [-0.4, -0.2) is 37.0 Å². The van der Waals surface area contributed by atoms with E-state index in [-0.39, 0.29) is 17.7 Å². The summed E-state index contributed by atoms with van der Waals surface area (Å²) in [5.41, 5.74) is 7.02. The summed E-state index contributed by atoms with van der Waals surface area (Å²) < 4.78 is 32.1. The molecule has 0 amide bonds. The van der Waals surface area contributed by atoms with E-state index in [4.69, 9.17) is 10.3 Å². The van der Waals surface area contributed by atoms with Gasteiger partial charge in [-0.15, -0.1) is 0 Å². The molecular weight excluding hydrogens is 302 g/mol. The SMILES string of the molecule is CC(N)C1CCCN(S(=O)(=O)Cc2noc3ccccc23)C1. The molecule has 0 saturated carbocycles. The molecule has 6 nitrogen and oxygen atoms in total. The number of nitrogens with two attached hydrogens (primary N) is 1. The second-order valence-corrected chi connectivity index (χ2v) is 7.97. The molecule has 1 aromatic carbocycles. The van der Waals surface area contributed by atoms with E-state index in [0.717, 1.165) is 18.2 Å². The second-order valence-electron chi connectivity index (χ2n) is 6.00. The molecule has 2 aromatic rings. The molecule has 0 aliphatic carbocycles. The molecule has 2 heterocycles. The highest BCUT2D eigenvalue weighted by Gasteiger charge is 2.31. The van der Waals surface area contributed by atoms with Crippen molar-refractivity contribution in [2.24, 2.45) is 11.7 Å². The number of nitrogens with zero attached hydrogens (tertiary/aromatic N) is 2. The van der Waals surface area contributed by atoms with Crippen LogP contribution in [0.2, 0.25) is 0 Å². The van der Waals surface area contributed by atoms with Gasteiger partial charge in [-0.1, -0.05) is 17.3 Å². The van der Waals surface area contributed by atoms with E-state index in [1.165, 1.54) is 0 Å². The summed E-state index contributed by atoms with van der Waals surface area (Å²) in [5.74, 6) is 0.0907. The molecule has 120 valence electrons. The van der Waals surface area contributed by atoms with Crippen molar-refractivity contribution in [1.29, 1.82) is 0 Å². The van der Waals surface area contributed by atoms with Gasteiger partial charge >= 0.3 is 0 Å². The summed E-state index contributed by atoms with van der Waals surface area (Å²) in [7, 11) is -3.41. The molecular formula is C15H21N3O3S. The largest absolute Gasteiger partial charge is 0.356 e. The number of benzene rings is 1. The van der Waals surface area contributed by atoms with E-state index in [0.29, 0.717) is 24.4 Å². The lowest BCUT2D eigenvalue weighted by Crippen LogP contribution is -2.45.